The van der Waals surface area contributed by atoms with Gasteiger partial charge in [-0.3, -0.25) is 9.59 Å². The van der Waals surface area contributed by atoms with Crippen molar-refractivity contribution >= 4 is 34.8 Å². The number of rotatable bonds is 7. The van der Waals surface area contributed by atoms with E-state index in [-0.39, 0.29) is 30.4 Å². The van der Waals surface area contributed by atoms with Gasteiger partial charge in [-0.15, -0.1) is 0 Å². The minimum Gasteiger partial charge on any atom is -0.508 e. The van der Waals surface area contributed by atoms with Gasteiger partial charge in [0.15, 0.2) is 0 Å². The summed E-state index contributed by atoms with van der Waals surface area (Å²) in [6.45, 7) is 1.91. The standard InChI is InChI=1S/C19H20ClN3O3/c1-2-16(13-7-9-14(24)10-8-13)22-23-19(26)12-11-18(25)21-17-6-4-3-5-15(17)20/h3-10,24H,2,11-12H2,1H3,(H,21,25)(H,23,26)/b22-16+. The number of hydrazone groups is 1. The molecule has 6 nitrogen and oxygen atoms in total. The molecule has 3 N–H and O–H groups in total. The first-order valence-corrected chi connectivity index (χ1v) is 8.56. The van der Waals surface area contributed by atoms with Gasteiger partial charge in [0.05, 0.1) is 16.4 Å². The van der Waals surface area contributed by atoms with E-state index in [9.17, 15) is 14.7 Å². The van der Waals surface area contributed by atoms with Crippen LogP contribution in [-0.2, 0) is 9.59 Å². The third-order valence-electron chi connectivity index (χ3n) is 3.58. The summed E-state index contributed by atoms with van der Waals surface area (Å²) in [6, 6.07) is 13.5. The second kappa shape index (κ2) is 9.58. The largest absolute Gasteiger partial charge is 0.508 e. The van der Waals surface area contributed by atoms with Crippen LogP contribution in [0.3, 0.4) is 0 Å². The fourth-order valence-corrected chi connectivity index (χ4v) is 2.37. The second-order valence-corrected chi connectivity index (χ2v) is 5.93. The van der Waals surface area contributed by atoms with Crippen LogP contribution in [0.1, 0.15) is 31.7 Å². The van der Waals surface area contributed by atoms with Gasteiger partial charge in [0.2, 0.25) is 11.8 Å². The summed E-state index contributed by atoms with van der Waals surface area (Å²) in [5, 5.41) is 16.5. The highest BCUT2D eigenvalue weighted by Crippen LogP contribution is 2.20. The zero-order valence-corrected chi connectivity index (χ0v) is 15.1. The number of hydrogen-bond acceptors (Lipinski definition) is 4. The van der Waals surface area contributed by atoms with Crippen molar-refractivity contribution in [3.8, 4) is 5.75 Å². The zero-order valence-electron chi connectivity index (χ0n) is 14.3. The number of carbonyl (C=O) groups excluding carboxylic acids is 2. The van der Waals surface area contributed by atoms with Crippen molar-refractivity contribution in [2.24, 2.45) is 5.10 Å². The summed E-state index contributed by atoms with van der Waals surface area (Å²) in [7, 11) is 0. The van der Waals surface area contributed by atoms with Crippen molar-refractivity contribution < 1.29 is 14.7 Å². The van der Waals surface area contributed by atoms with Crippen molar-refractivity contribution in [3.63, 3.8) is 0 Å². The third-order valence-corrected chi connectivity index (χ3v) is 3.91. The predicted molar refractivity (Wildman–Crippen MR) is 102 cm³/mol. The highest BCUT2D eigenvalue weighted by Gasteiger charge is 2.09. The normalized spacial score (nSPS) is 11.1. The molecule has 0 aromatic heterocycles. The van der Waals surface area contributed by atoms with Gasteiger partial charge in [0.1, 0.15) is 5.75 Å². The lowest BCUT2D eigenvalue weighted by molar-refractivity contribution is -0.124. The van der Waals surface area contributed by atoms with E-state index in [0.29, 0.717) is 22.8 Å². The van der Waals surface area contributed by atoms with Crippen LogP contribution in [0, 0.1) is 0 Å². The quantitative estimate of drug-likeness (QED) is 0.510. The Balaban J connectivity index is 1.84. The summed E-state index contributed by atoms with van der Waals surface area (Å²) < 4.78 is 0. The van der Waals surface area contributed by atoms with Crippen LogP contribution in [0.4, 0.5) is 5.69 Å². The molecular weight excluding hydrogens is 354 g/mol. The Morgan fingerprint density at radius 2 is 1.69 bits per heavy atom. The van der Waals surface area contributed by atoms with Gasteiger partial charge >= 0.3 is 0 Å². The van der Waals surface area contributed by atoms with Crippen LogP contribution in [0.5, 0.6) is 5.75 Å². The minimum atomic E-state index is -0.357. The molecule has 2 aromatic rings. The van der Waals surface area contributed by atoms with Gasteiger partial charge in [-0.05, 0) is 48.4 Å². The first-order chi connectivity index (χ1) is 12.5. The lowest BCUT2D eigenvalue weighted by Crippen LogP contribution is -2.22. The SMILES string of the molecule is CC/C(=N\NC(=O)CCC(=O)Nc1ccccc1Cl)c1ccc(O)cc1. The Morgan fingerprint density at radius 3 is 2.35 bits per heavy atom. The summed E-state index contributed by atoms with van der Waals surface area (Å²) >= 11 is 5.97. The van der Waals surface area contributed by atoms with Crippen LogP contribution in [0.2, 0.25) is 5.02 Å². The highest BCUT2D eigenvalue weighted by molar-refractivity contribution is 6.33. The molecule has 0 bridgehead atoms. The van der Waals surface area contributed by atoms with E-state index in [1.807, 2.05) is 6.92 Å². The monoisotopic (exact) mass is 373 g/mol. The molecule has 0 radical (unpaired) electrons. The molecule has 2 aromatic carbocycles. The smallest absolute Gasteiger partial charge is 0.240 e. The Kier molecular flexibility index (Phi) is 7.17. The van der Waals surface area contributed by atoms with E-state index in [4.69, 9.17) is 11.6 Å². The van der Waals surface area contributed by atoms with Crippen molar-refractivity contribution in [2.75, 3.05) is 5.32 Å². The number of para-hydroxylation sites is 1. The zero-order chi connectivity index (χ0) is 18.9. The number of amides is 2. The minimum absolute atomic E-state index is 0.00631. The molecule has 0 spiro atoms. The van der Waals surface area contributed by atoms with Crippen molar-refractivity contribution in [2.45, 2.75) is 26.2 Å². The van der Waals surface area contributed by atoms with E-state index in [0.717, 1.165) is 5.56 Å². The van der Waals surface area contributed by atoms with Gasteiger partial charge in [-0.1, -0.05) is 30.7 Å². The molecule has 7 heteroatoms. The molecular formula is C19H20ClN3O3. The van der Waals surface area contributed by atoms with Crippen LogP contribution in [0.25, 0.3) is 0 Å². The number of nitrogens with one attached hydrogen (secondary N) is 2. The maximum absolute atomic E-state index is 11.9. The predicted octanol–water partition coefficient (Wildman–Crippen LogP) is 3.69. The van der Waals surface area contributed by atoms with E-state index >= 15 is 0 Å². The number of aromatic hydroxyl groups is 1. The second-order valence-electron chi connectivity index (χ2n) is 5.52. The Bertz CT molecular complexity index is 804. The molecule has 136 valence electrons. The number of benzene rings is 2. The summed E-state index contributed by atoms with van der Waals surface area (Å²) in [5.74, 6) is -0.492. The number of hydrogen-bond donors (Lipinski definition) is 3. The van der Waals surface area contributed by atoms with Crippen molar-refractivity contribution in [1.29, 1.82) is 0 Å². The van der Waals surface area contributed by atoms with Crippen LogP contribution >= 0.6 is 11.6 Å². The fraction of sp³-hybridized carbons (Fsp3) is 0.211. The molecule has 0 atom stereocenters. The maximum Gasteiger partial charge on any atom is 0.240 e. The Labute approximate surface area is 156 Å². The molecule has 2 rings (SSSR count). The highest BCUT2D eigenvalue weighted by atomic mass is 35.5. The van der Waals surface area contributed by atoms with Crippen LogP contribution < -0.4 is 10.7 Å². The maximum atomic E-state index is 11.9. The molecule has 0 unspecified atom stereocenters. The number of carbonyl (C=O) groups is 2. The molecule has 0 saturated carbocycles. The summed E-state index contributed by atoms with van der Waals surface area (Å²) in [4.78, 5) is 23.8. The van der Waals surface area contributed by atoms with E-state index in [1.54, 1.807) is 48.5 Å². The first kappa shape index (κ1) is 19.5. The molecule has 2 amide bonds. The molecule has 0 aliphatic heterocycles. The lowest BCUT2D eigenvalue weighted by atomic mass is 10.1. The molecule has 0 aliphatic carbocycles. The first-order valence-electron chi connectivity index (χ1n) is 8.18. The topological polar surface area (TPSA) is 90.8 Å². The fourth-order valence-electron chi connectivity index (χ4n) is 2.19. The summed E-state index contributed by atoms with van der Waals surface area (Å²) in [5.41, 5.74) is 4.46. The number of nitrogens with zero attached hydrogens (tertiary/aromatic N) is 1. The van der Waals surface area contributed by atoms with Crippen LogP contribution in [-0.4, -0.2) is 22.6 Å². The van der Waals surface area contributed by atoms with Gasteiger partial charge in [0, 0.05) is 12.8 Å². The van der Waals surface area contributed by atoms with E-state index < -0.39 is 0 Å². The number of halogens is 1. The Morgan fingerprint density at radius 1 is 1.04 bits per heavy atom. The summed E-state index contributed by atoms with van der Waals surface area (Å²) in [6.07, 6.45) is 0.637. The third kappa shape index (κ3) is 5.89. The lowest BCUT2D eigenvalue weighted by Gasteiger charge is -2.07. The van der Waals surface area contributed by atoms with Gasteiger partial charge in [0.25, 0.3) is 0 Å². The van der Waals surface area contributed by atoms with E-state index in [1.165, 1.54) is 0 Å². The average molecular weight is 374 g/mol. The van der Waals surface area contributed by atoms with Crippen LogP contribution in [0.15, 0.2) is 53.6 Å². The van der Waals surface area contributed by atoms with Gasteiger partial charge < -0.3 is 10.4 Å². The molecule has 0 heterocycles. The number of anilines is 1. The van der Waals surface area contributed by atoms with Crippen molar-refractivity contribution in [3.05, 3.63) is 59.1 Å². The van der Waals surface area contributed by atoms with Crippen molar-refractivity contribution in [1.82, 2.24) is 5.43 Å². The molecule has 26 heavy (non-hydrogen) atoms. The number of phenolic OH excluding ortho intramolecular Hbond substituents is 1. The van der Waals surface area contributed by atoms with Gasteiger partial charge in [-0.2, -0.15) is 5.10 Å². The number of phenols is 1. The Hall–Kier alpha value is -2.86. The van der Waals surface area contributed by atoms with Gasteiger partial charge in [-0.25, -0.2) is 5.43 Å². The van der Waals surface area contributed by atoms with E-state index in [2.05, 4.69) is 15.8 Å². The molecule has 0 aliphatic rings. The molecule has 0 saturated heterocycles. The molecule has 0 fully saturated rings. The average Bonchev–Trinajstić information content (AvgIpc) is 2.64.